The molecule has 0 radical (unpaired) electrons. The minimum absolute atomic E-state index is 0.193. The molecule has 1 atom stereocenters. The summed E-state index contributed by atoms with van der Waals surface area (Å²) in [6, 6.07) is 8.50. The lowest BCUT2D eigenvalue weighted by Crippen LogP contribution is -2.31. The topological polar surface area (TPSA) is 37.8 Å². The first-order valence-electron chi connectivity index (χ1n) is 5.95. The van der Waals surface area contributed by atoms with Crippen molar-refractivity contribution in [3.63, 3.8) is 0 Å². The molecule has 90 valence electrons. The van der Waals surface area contributed by atoms with Gasteiger partial charge < -0.3 is 5.32 Å². The summed E-state index contributed by atoms with van der Waals surface area (Å²) in [6.07, 6.45) is 1.79. The Morgan fingerprint density at radius 1 is 1.18 bits per heavy atom. The molecule has 1 N–H and O–H groups in total. The van der Waals surface area contributed by atoms with E-state index in [9.17, 15) is 0 Å². The summed E-state index contributed by atoms with van der Waals surface area (Å²) < 4.78 is 0. The van der Waals surface area contributed by atoms with Crippen LogP contribution in [-0.2, 0) is 0 Å². The van der Waals surface area contributed by atoms with Crippen molar-refractivity contribution in [3.05, 3.63) is 30.5 Å². The summed E-state index contributed by atoms with van der Waals surface area (Å²) in [4.78, 5) is 0. The van der Waals surface area contributed by atoms with E-state index in [0.29, 0.717) is 6.04 Å². The maximum Gasteiger partial charge on any atom is 0.156 e. The maximum atomic E-state index is 4.20. The van der Waals surface area contributed by atoms with Crippen LogP contribution >= 0.6 is 0 Å². The van der Waals surface area contributed by atoms with Gasteiger partial charge in [-0.1, -0.05) is 45.0 Å². The molecule has 2 rings (SSSR count). The van der Waals surface area contributed by atoms with Crippen LogP contribution < -0.4 is 5.32 Å². The highest BCUT2D eigenvalue weighted by atomic mass is 15.2. The smallest absolute Gasteiger partial charge is 0.156 e. The second-order valence-corrected chi connectivity index (χ2v) is 5.51. The summed E-state index contributed by atoms with van der Waals surface area (Å²) in [7, 11) is 0. The number of aromatic nitrogens is 2. The Morgan fingerprint density at radius 3 is 2.59 bits per heavy atom. The molecule has 0 amide bonds. The van der Waals surface area contributed by atoms with Gasteiger partial charge in [-0.2, -0.15) is 5.10 Å². The van der Waals surface area contributed by atoms with Crippen molar-refractivity contribution in [1.29, 1.82) is 0 Å². The van der Waals surface area contributed by atoms with Crippen LogP contribution in [0.1, 0.15) is 27.7 Å². The van der Waals surface area contributed by atoms with Gasteiger partial charge in [-0.25, -0.2) is 0 Å². The van der Waals surface area contributed by atoms with Gasteiger partial charge in [0.25, 0.3) is 0 Å². The molecule has 17 heavy (non-hydrogen) atoms. The molecule has 0 saturated heterocycles. The van der Waals surface area contributed by atoms with Crippen LogP contribution in [0.25, 0.3) is 10.8 Å². The van der Waals surface area contributed by atoms with E-state index in [-0.39, 0.29) is 5.41 Å². The Kier molecular flexibility index (Phi) is 3.01. The Morgan fingerprint density at radius 2 is 1.88 bits per heavy atom. The molecule has 0 aliphatic rings. The number of anilines is 1. The van der Waals surface area contributed by atoms with Gasteiger partial charge in [-0.15, -0.1) is 5.10 Å². The third-order valence-electron chi connectivity index (χ3n) is 3.22. The maximum absolute atomic E-state index is 4.20. The molecule has 0 aliphatic carbocycles. The molecule has 0 aliphatic heterocycles. The van der Waals surface area contributed by atoms with Crippen molar-refractivity contribution < 1.29 is 0 Å². The van der Waals surface area contributed by atoms with Gasteiger partial charge in [0.1, 0.15) is 0 Å². The van der Waals surface area contributed by atoms with Gasteiger partial charge in [0.05, 0.1) is 6.20 Å². The minimum atomic E-state index is 0.193. The molecule has 1 aromatic heterocycles. The monoisotopic (exact) mass is 229 g/mol. The summed E-state index contributed by atoms with van der Waals surface area (Å²) in [5, 5.41) is 13.9. The molecule has 1 aromatic carbocycles. The van der Waals surface area contributed by atoms with Crippen LogP contribution in [0, 0.1) is 5.41 Å². The van der Waals surface area contributed by atoms with E-state index in [1.165, 1.54) is 0 Å². The fourth-order valence-corrected chi connectivity index (χ4v) is 1.56. The largest absolute Gasteiger partial charge is 0.365 e. The average Bonchev–Trinajstić information content (AvgIpc) is 2.28. The van der Waals surface area contributed by atoms with E-state index in [0.717, 1.165) is 16.6 Å². The second-order valence-electron chi connectivity index (χ2n) is 5.51. The van der Waals surface area contributed by atoms with Crippen LogP contribution in [0.5, 0.6) is 0 Å². The van der Waals surface area contributed by atoms with E-state index in [1.807, 2.05) is 12.1 Å². The standard InChI is InChI=1S/C14H19N3/c1-10(14(2,3)4)16-13-12-8-6-5-7-11(12)9-15-17-13/h5-10H,1-4H3,(H,16,17). The van der Waals surface area contributed by atoms with Gasteiger partial charge in [-0.3, -0.25) is 0 Å². The van der Waals surface area contributed by atoms with Crippen LogP contribution in [0.15, 0.2) is 30.5 Å². The van der Waals surface area contributed by atoms with Crippen LogP contribution in [0.3, 0.4) is 0 Å². The number of hydrogen-bond donors (Lipinski definition) is 1. The quantitative estimate of drug-likeness (QED) is 0.856. The van der Waals surface area contributed by atoms with E-state index in [2.05, 4.69) is 55.3 Å². The van der Waals surface area contributed by atoms with Crippen LogP contribution in [0.2, 0.25) is 0 Å². The van der Waals surface area contributed by atoms with Gasteiger partial charge in [0.15, 0.2) is 5.82 Å². The van der Waals surface area contributed by atoms with Crippen molar-refractivity contribution in [2.75, 3.05) is 5.32 Å². The average molecular weight is 229 g/mol. The zero-order chi connectivity index (χ0) is 12.5. The third kappa shape index (κ3) is 2.54. The van der Waals surface area contributed by atoms with Crippen molar-refractivity contribution >= 4 is 16.6 Å². The minimum Gasteiger partial charge on any atom is -0.365 e. The number of nitrogens with zero attached hydrogens (tertiary/aromatic N) is 2. The summed E-state index contributed by atoms with van der Waals surface area (Å²) >= 11 is 0. The second kappa shape index (κ2) is 4.32. The first-order chi connectivity index (χ1) is 7.98. The Labute approximate surface area is 102 Å². The Hall–Kier alpha value is -1.64. The number of nitrogens with one attached hydrogen (secondary N) is 1. The highest BCUT2D eigenvalue weighted by molar-refractivity contribution is 5.90. The zero-order valence-corrected chi connectivity index (χ0v) is 10.9. The molecular weight excluding hydrogens is 210 g/mol. The lowest BCUT2D eigenvalue weighted by molar-refractivity contribution is 0.359. The summed E-state index contributed by atoms with van der Waals surface area (Å²) in [5.41, 5.74) is 0.193. The van der Waals surface area contributed by atoms with Gasteiger partial charge in [0, 0.05) is 16.8 Å². The zero-order valence-electron chi connectivity index (χ0n) is 10.9. The fourth-order valence-electron chi connectivity index (χ4n) is 1.56. The molecular formula is C14H19N3. The molecule has 0 fully saturated rings. The predicted molar refractivity (Wildman–Crippen MR) is 72.1 cm³/mol. The first-order valence-corrected chi connectivity index (χ1v) is 5.95. The van der Waals surface area contributed by atoms with Crippen molar-refractivity contribution in [3.8, 4) is 0 Å². The Bertz CT molecular complexity index is 509. The number of benzene rings is 1. The van der Waals surface area contributed by atoms with Gasteiger partial charge in [-0.05, 0) is 12.3 Å². The fraction of sp³-hybridized carbons (Fsp3) is 0.429. The molecule has 1 heterocycles. The van der Waals surface area contributed by atoms with Gasteiger partial charge in [0.2, 0.25) is 0 Å². The molecule has 3 heteroatoms. The van der Waals surface area contributed by atoms with E-state index >= 15 is 0 Å². The van der Waals surface area contributed by atoms with Crippen molar-refractivity contribution in [2.45, 2.75) is 33.7 Å². The van der Waals surface area contributed by atoms with Crippen LogP contribution in [0.4, 0.5) is 5.82 Å². The number of fused-ring (bicyclic) bond motifs is 1. The number of hydrogen-bond acceptors (Lipinski definition) is 3. The first kappa shape index (κ1) is 11.8. The van der Waals surface area contributed by atoms with E-state index in [4.69, 9.17) is 0 Å². The van der Waals surface area contributed by atoms with Crippen LogP contribution in [-0.4, -0.2) is 16.2 Å². The third-order valence-corrected chi connectivity index (χ3v) is 3.22. The van der Waals surface area contributed by atoms with Gasteiger partial charge >= 0.3 is 0 Å². The van der Waals surface area contributed by atoms with E-state index < -0.39 is 0 Å². The van der Waals surface area contributed by atoms with Crippen molar-refractivity contribution in [2.24, 2.45) is 5.41 Å². The summed E-state index contributed by atoms with van der Waals surface area (Å²) in [5.74, 6) is 0.866. The normalized spacial score (nSPS) is 13.6. The molecule has 1 unspecified atom stereocenters. The summed E-state index contributed by atoms with van der Waals surface area (Å²) in [6.45, 7) is 8.80. The Balaban J connectivity index is 2.36. The molecule has 0 bridgehead atoms. The molecule has 3 nitrogen and oxygen atoms in total. The highest BCUT2D eigenvalue weighted by Crippen LogP contribution is 2.25. The molecule has 0 spiro atoms. The SMILES string of the molecule is CC(Nc1nncc2ccccc12)C(C)(C)C. The van der Waals surface area contributed by atoms with Crippen molar-refractivity contribution in [1.82, 2.24) is 10.2 Å². The number of rotatable bonds is 2. The predicted octanol–water partition coefficient (Wildman–Crippen LogP) is 3.48. The highest BCUT2D eigenvalue weighted by Gasteiger charge is 2.20. The lowest BCUT2D eigenvalue weighted by atomic mass is 9.88. The molecule has 2 aromatic rings. The van der Waals surface area contributed by atoms with E-state index in [1.54, 1.807) is 6.20 Å². The molecule has 0 saturated carbocycles. The lowest BCUT2D eigenvalue weighted by Gasteiger charge is -2.28.